The zero-order chi connectivity index (χ0) is 18.5. The minimum atomic E-state index is -0.0954. The number of methoxy groups -OCH3 is 2. The number of benzene rings is 2. The average molecular weight is 368 g/mol. The molecule has 1 heterocycles. The number of rotatable bonds is 6. The number of ether oxygens (including phenoxy) is 2. The van der Waals surface area contributed by atoms with E-state index in [1.165, 1.54) is 11.3 Å². The van der Waals surface area contributed by atoms with Crippen LogP contribution in [0.25, 0.3) is 11.3 Å². The van der Waals surface area contributed by atoms with Gasteiger partial charge in [-0.1, -0.05) is 12.1 Å². The van der Waals surface area contributed by atoms with Crippen LogP contribution in [0.5, 0.6) is 11.5 Å². The minimum absolute atomic E-state index is 0.0954. The lowest BCUT2D eigenvalue weighted by atomic mass is 10.1. The SMILES string of the molecule is COc1ccc(CC(=O)Nc2nc(-c3ccc(OC)c(C)c3)cs2)cc1. The first-order chi connectivity index (χ1) is 12.6. The fourth-order valence-corrected chi connectivity index (χ4v) is 3.33. The van der Waals surface area contributed by atoms with Gasteiger partial charge in [0, 0.05) is 10.9 Å². The van der Waals surface area contributed by atoms with Gasteiger partial charge in [0.1, 0.15) is 11.5 Å². The number of aromatic nitrogens is 1. The highest BCUT2D eigenvalue weighted by molar-refractivity contribution is 7.14. The monoisotopic (exact) mass is 368 g/mol. The lowest BCUT2D eigenvalue weighted by Gasteiger charge is -2.06. The van der Waals surface area contributed by atoms with E-state index in [0.717, 1.165) is 33.9 Å². The van der Waals surface area contributed by atoms with E-state index in [4.69, 9.17) is 9.47 Å². The van der Waals surface area contributed by atoms with Crippen LogP contribution in [0.1, 0.15) is 11.1 Å². The fourth-order valence-electron chi connectivity index (χ4n) is 2.59. The van der Waals surface area contributed by atoms with Crippen molar-refractivity contribution in [2.45, 2.75) is 13.3 Å². The first-order valence-corrected chi connectivity index (χ1v) is 9.00. The topological polar surface area (TPSA) is 60.5 Å². The van der Waals surface area contributed by atoms with Gasteiger partial charge >= 0.3 is 0 Å². The lowest BCUT2D eigenvalue weighted by molar-refractivity contribution is -0.115. The van der Waals surface area contributed by atoms with Gasteiger partial charge in [-0.3, -0.25) is 4.79 Å². The molecule has 0 radical (unpaired) electrons. The molecule has 1 aromatic heterocycles. The summed E-state index contributed by atoms with van der Waals surface area (Å²) in [4.78, 5) is 16.7. The van der Waals surface area contributed by atoms with Gasteiger partial charge in [0.25, 0.3) is 0 Å². The maximum absolute atomic E-state index is 12.2. The molecule has 0 spiro atoms. The molecule has 1 amide bonds. The summed E-state index contributed by atoms with van der Waals surface area (Å²) < 4.78 is 10.4. The van der Waals surface area contributed by atoms with E-state index in [2.05, 4.69) is 10.3 Å². The van der Waals surface area contributed by atoms with Crippen LogP contribution in [0.2, 0.25) is 0 Å². The number of carbonyl (C=O) groups excluding carboxylic acids is 1. The van der Waals surface area contributed by atoms with Crippen molar-refractivity contribution in [2.24, 2.45) is 0 Å². The second-order valence-corrected chi connectivity index (χ2v) is 6.65. The van der Waals surface area contributed by atoms with E-state index in [1.807, 2.05) is 54.8 Å². The number of aryl methyl sites for hydroxylation is 1. The van der Waals surface area contributed by atoms with Crippen molar-refractivity contribution in [2.75, 3.05) is 19.5 Å². The summed E-state index contributed by atoms with van der Waals surface area (Å²) in [5.41, 5.74) is 3.80. The van der Waals surface area contributed by atoms with Crippen molar-refractivity contribution in [1.29, 1.82) is 0 Å². The zero-order valence-electron chi connectivity index (χ0n) is 14.9. The van der Waals surface area contributed by atoms with E-state index in [0.29, 0.717) is 11.6 Å². The number of hydrogen-bond donors (Lipinski definition) is 1. The molecule has 0 bridgehead atoms. The Morgan fingerprint density at radius 3 is 2.54 bits per heavy atom. The molecule has 0 aliphatic rings. The predicted molar refractivity (Wildman–Crippen MR) is 104 cm³/mol. The van der Waals surface area contributed by atoms with Crippen LogP contribution < -0.4 is 14.8 Å². The maximum Gasteiger partial charge on any atom is 0.230 e. The molecule has 26 heavy (non-hydrogen) atoms. The molecule has 3 rings (SSSR count). The molecule has 5 nitrogen and oxygen atoms in total. The molecule has 0 saturated heterocycles. The second kappa shape index (κ2) is 8.01. The van der Waals surface area contributed by atoms with E-state index >= 15 is 0 Å². The fraction of sp³-hybridized carbons (Fsp3) is 0.200. The van der Waals surface area contributed by atoms with Crippen LogP contribution >= 0.6 is 11.3 Å². The highest BCUT2D eigenvalue weighted by atomic mass is 32.1. The van der Waals surface area contributed by atoms with Crippen LogP contribution in [-0.2, 0) is 11.2 Å². The quantitative estimate of drug-likeness (QED) is 0.704. The zero-order valence-corrected chi connectivity index (χ0v) is 15.7. The van der Waals surface area contributed by atoms with Gasteiger partial charge in [-0.25, -0.2) is 4.98 Å². The van der Waals surface area contributed by atoms with Gasteiger partial charge in [0.15, 0.2) is 5.13 Å². The smallest absolute Gasteiger partial charge is 0.230 e. The Hall–Kier alpha value is -2.86. The number of carbonyl (C=O) groups is 1. The molecule has 0 atom stereocenters. The van der Waals surface area contributed by atoms with Crippen LogP contribution in [0, 0.1) is 6.92 Å². The highest BCUT2D eigenvalue weighted by Gasteiger charge is 2.10. The summed E-state index contributed by atoms with van der Waals surface area (Å²) in [6, 6.07) is 13.4. The van der Waals surface area contributed by atoms with Crippen molar-refractivity contribution in [1.82, 2.24) is 4.98 Å². The predicted octanol–water partition coefficient (Wildman–Crippen LogP) is 4.32. The van der Waals surface area contributed by atoms with Gasteiger partial charge in [-0.2, -0.15) is 0 Å². The molecule has 0 fully saturated rings. The Morgan fingerprint density at radius 1 is 1.12 bits per heavy atom. The van der Waals surface area contributed by atoms with Crippen LogP contribution in [-0.4, -0.2) is 25.1 Å². The summed E-state index contributed by atoms with van der Waals surface area (Å²) in [6.07, 6.45) is 0.292. The van der Waals surface area contributed by atoms with Crippen LogP contribution in [0.4, 0.5) is 5.13 Å². The Kier molecular flexibility index (Phi) is 5.53. The molecule has 3 aromatic rings. The summed E-state index contributed by atoms with van der Waals surface area (Å²) >= 11 is 1.41. The third-order valence-electron chi connectivity index (χ3n) is 3.96. The number of anilines is 1. The lowest BCUT2D eigenvalue weighted by Crippen LogP contribution is -2.14. The Balaban J connectivity index is 1.65. The molecule has 0 unspecified atom stereocenters. The molecule has 0 aliphatic carbocycles. The summed E-state index contributed by atoms with van der Waals surface area (Å²) in [7, 11) is 3.27. The van der Waals surface area contributed by atoms with Gasteiger partial charge < -0.3 is 14.8 Å². The molecule has 134 valence electrons. The van der Waals surface area contributed by atoms with Gasteiger partial charge in [-0.15, -0.1) is 11.3 Å². The summed E-state index contributed by atoms with van der Waals surface area (Å²) in [5, 5.41) is 5.38. The first-order valence-electron chi connectivity index (χ1n) is 8.12. The Labute approximate surface area is 156 Å². The van der Waals surface area contributed by atoms with Crippen molar-refractivity contribution in [3.8, 4) is 22.8 Å². The first kappa shape index (κ1) is 17.9. The molecule has 0 aliphatic heterocycles. The van der Waals surface area contributed by atoms with Crippen molar-refractivity contribution in [3.63, 3.8) is 0 Å². The Bertz CT molecular complexity index is 904. The number of thiazole rings is 1. The van der Waals surface area contributed by atoms with E-state index < -0.39 is 0 Å². The van der Waals surface area contributed by atoms with Gasteiger partial charge in [0.2, 0.25) is 5.91 Å². The maximum atomic E-state index is 12.2. The molecule has 6 heteroatoms. The average Bonchev–Trinajstić information content (AvgIpc) is 3.10. The van der Waals surface area contributed by atoms with E-state index in [-0.39, 0.29) is 5.91 Å². The standard InChI is InChI=1S/C20H20N2O3S/c1-13-10-15(6-9-18(13)25-3)17-12-26-20(21-17)22-19(23)11-14-4-7-16(24-2)8-5-14/h4-10,12H,11H2,1-3H3,(H,21,22,23). The summed E-state index contributed by atoms with van der Waals surface area (Å²) in [5.74, 6) is 1.52. The van der Waals surface area contributed by atoms with Crippen LogP contribution in [0.3, 0.4) is 0 Å². The largest absolute Gasteiger partial charge is 0.497 e. The van der Waals surface area contributed by atoms with Crippen molar-refractivity contribution >= 4 is 22.4 Å². The highest BCUT2D eigenvalue weighted by Crippen LogP contribution is 2.28. The minimum Gasteiger partial charge on any atom is -0.497 e. The van der Waals surface area contributed by atoms with Crippen LogP contribution in [0.15, 0.2) is 47.8 Å². The molecular formula is C20H20N2O3S. The third kappa shape index (κ3) is 4.21. The molecule has 2 aromatic carbocycles. The second-order valence-electron chi connectivity index (χ2n) is 5.80. The van der Waals surface area contributed by atoms with Crippen molar-refractivity contribution < 1.29 is 14.3 Å². The Morgan fingerprint density at radius 2 is 1.88 bits per heavy atom. The molecule has 1 N–H and O–H groups in total. The number of amides is 1. The molecular weight excluding hydrogens is 348 g/mol. The van der Waals surface area contributed by atoms with Crippen molar-refractivity contribution in [3.05, 3.63) is 59.0 Å². The number of hydrogen-bond acceptors (Lipinski definition) is 5. The normalized spacial score (nSPS) is 10.4. The number of nitrogens with zero attached hydrogens (tertiary/aromatic N) is 1. The van der Waals surface area contributed by atoms with Gasteiger partial charge in [-0.05, 0) is 48.4 Å². The van der Waals surface area contributed by atoms with E-state index in [9.17, 15) is 4.79 Å². The molecule has 0 saturated carbocycles. The number of nitrogens with one attached hydrogen (secondary N) is 1. The van der Waals surface area contributed by atoms with E-state index in [1.54, 1.807) is 14.2 Å². The third-order valence-corrected chi connectivity index (χ3v) is 4.72. The summed E-state index contributed by atoms with van der Waals surface area (Å²) in [6.45, 7) is 1.99. The van der Waals surface area contributed by atoms with Gasteiger partial charge in [0.05, 0.1) is 26.3 Å².